The van der Waals surface area contributed by atoms with Crippen LogP contribution in [0.2, 0.25) is 0 Å². The minimum absolute atomic E-state index is 0.0315. The van der Waals surface area contributed by atoms with E-state index in [2.05, 4.69) is 41.4 Å². The maximum Gasteiger partial charge on any atom is 0.341 e. The number of hydrogen-bond acceptors (Lipinski definition) is 13. The summed E-state index contributed by atoms with van der Waals surface area (Å²) in [5, 5.41) is 18.9. The lowest BCUT2D eigenvalue weighted by Gasteiger charge is -1.92. The van der Waals surface area contributed by atoms with E-state index in [-0.39, 0.29) is 16.7 Å². The Morgan fingerprint density at radius 1 is 1.20 bits per heavy atom. The van der Waals surface area contributed by atoms with Gasteiger partial charge in [0.1, 0.15) is 5.36 Å². The van der Waals surface area contributed by atoms with Gasteiger partial charge in [0, 0.05) is 0 Å². The van der Waals surface area contributed by atoms with Crippen LogP contribution in [0.15, 0.2) is 36.4 Å². The fourth-order valence-electron chi connectivity index (χ4n) is 1.63. The Hall–Kier alpha value is -3.48. The average molecular weight is 362 g/mol. The number of anilines is 2. The van der Waals surface area contributed by atoms with E-state index < -0.39 is 10.9 Å². The quantitative estimate of drug-likeness (QED) is 0.522. The Labute approximate surface area is 142 Å². The lowest BCUT2D eigenvalue weighted by molar-refractivity contribution is 0.407. The molecule has 2 heterocycles. The average Bonchev–Trinajstić information content (AvgIpc) is 3.22. The first-order valence-electron chi connectivity index (χ1n) is 6.69. The van der Waals surface area contributed by atoms with Gasteiger partial charge in [-0.2, -0.15) is 15.2 Å². The zero-order valence-corrected chi connectivity index (χ0v) is 13.7. The Balaban J connectivity index is 1.92. The van der Waals surface area contributed by atoms with Crippen LogP contribution >= 0.6 is 11.3 Å². The second-order valence-electron chi connectivity index (χ2n) is 4.43. The third-order valence-corrected chi connectivity index (χ3v) is 3.51. The predicted molar refractivity (Wildman–Crippen MR) is 85.2 cm³/mol. The predicted octanol–water partition coefficient (Wildman–Crippen LogP) is -1.31. The Bertz CT molecular complexity index is 1110. The number of ether oxygens (including phenoxy) is 1. The topological polar surface area (TPSA) is 157 Å². The molecule has 0 aliphatic heterocycles. The number of nitrogens with zero attached hydrogens (tertiary/aromatic N) is 6. The molecule has 0 amide bonds. The molecule has 0 unspecified atom stereocenters. The first-order valence-corrected chi connectivity index (χ1v) is 7.51. The summed E-state index contributed by atoms with van der Waals surface area (Å²) in [5.41, 5.74) is 3.67. The second kappa shape index (κ2) is 6.96. The van der Waals surface area contributed by atoms with Gasteiger partial charge >= 0.3 is 6.01 Å². The monoisotopic (exact) mass is 362 g/mol. The van der Waals surface area contributed by atoms with E-state index in [0.717, 1.165) is 11.3 Å². The van der Waals surface area contributed by atoms with Crippen molar-refractivity contribution in [2.24, 2.45) is 10.2 Å². The van der Waals surface area contributed by atoms with Gasteiger partial charge in [-0.15, -0.1) is 5.10 Å². The third-order valence-electron chi connectivity index (χ3n) is 2.72. The molecule has 0 saturated carbocycles. The van der Waals surface area contributed by atoms with E-state index in [4.69, 9.17) is 9.26 Å². The fraction of sp³-hybridized carbons (Fsp3) is 0.167. The molecule has 0 fully saturated rings. The van der Waals surface area contributed by atoms with Crippen LogP contribution in [-0.2, 0) is 0 Å². The summed E-state index contributed by atoms with van der Waals surface area (Å²) in [6, 6.07) is 2.39. The molecule has 1 aromatic carbocycles. The molecule has 0 spiro atoms. The van der Waals surface area contributed by atoms with Crippen LogP contribution < -0.4 is 37.2 Å². The van der Waals surface area contributed by atoms with Crippen LogP contribution in [0.25, 0.3) is 0 Å². The summed E-state index contributed by atoms with van der Waals surface area (Å²) in [4.78, 5) is 28.0. The highest BCUT2D eigenvalue weighted by atomic mass is 32.1. The van der Waals surface area contributed by atoms with Crippen LogP contribution in [0.1, 0.15) is 5.82 Å². The Kier molecular flexibility index (Phi) is 4.56. The molecule has 3 rings (SSSR count). The molecule has 25 heavy (non-hydrogen) atoms. The highest BCUT2D eigenvalue weighted by Crippen LogP contribution is 2.20. The van der Waals surface area contributed by atoms with Crippen LogP contribution in [0.5, 0.6) is 5.19 Å². The smallest absolute Gasteiger partial charge is 0.341 e. The Morgan fingerprint density at radius 2 is 2.04 bits per heavy atom. The lowest BCUT2D eigenvalue weighted by Crippen LogP contribution is -2.47. The first-order chi connectivity index (χ1) is 12.1. The van der Waals surface area contributed by atoms with Gasteiger partial charge in [-0.3, -0.25) is 15.0 Å². The molecule has 128 valence electrons. The maximum absolute atomic E-state index is 12.3. The molecule has 2 aromatic heterocycles. The molecule has 13 heteroatoms. The molecule has 0 bridgehead atoms. The largest absolute Gasteiger partial charge is 0.472 e. The highest BCUT2D eigenvalue weighted by Gasteiger charge is 2.05. The number of aromatic nitrogens is 4. The number of nitrogens with one attached hydrogen (secondary N) is 2. The zero-order chi connectivity index (χ0) is 17.8. The molecule has 0 aliphatic rings. The minimum Gasteiger partial charge on any atom is -0.472 e. The van der Waals surface area contributed by atoms with Crippen molar-refractivity contribution in [2.75, 3.05) is 18.0 Å². The Morgan fingerprint density at radius 3 is 2.72 bits per heavy atom. The van der Waals surface area contributed by atoms with Gasteiger partial charge in [-0.05, 0) is 30.4 Å². The van der Waals surface area contributed by atoms with Crippen LogP contribution in [-0.4, -0.2) is 27.4 Å². The molecule has 0 radical (unpaired) electrons. The highest BCUT2D eigenvalue weighted by molar-refractivity contribution is 7.16. The van der Waals surface area contributed by atoms with Crippen molar-refractivity contribution < 1.29 is 9.26 Å². The third kappa shape index (κ3) is 3.72. The van der Waals surface area contributed by atoms with Gasteiger partial charge < -0.3 is 9.26 Å². The molecule has 0 saturated heterocycles. The number of benzene rings is 1. The number of methoxy groups -OCH3 is 1. The molecular formula is C12H10N8O4S. The van der Waals surface area contributed by atoms with Gasteiger partial charge in [0.2, 0.25) is 16.0 Å². The molecule has 0 aliphatic carbocycles. The van der Waals surface area contributed by atoms with E-state index in [1.54, 1.807) is 6.92 Å². The molecule has 2 N–H and O–H groups in total. The van der Waals surface area contributed by atoms with Crippen molar-refractivity contribution in [3.8, 4) is 5.19 Å². The molecule has 12 nitrogen and oxygen atoms in total. The van der Waals surface area contributed by atoms with E-state index in [1.165, 1.54) is 19.2 Å². The lowest BCUT2D eigenvalue weighted by atomic mass is 10.3. The van der Waals surface area contributed by atoms with Crippen molar-refractivity contribution in [3.05, 3.63) is 49.1 Å². The van der Waals surface area contributed by atoms with Gasteiger partial charge in [0.25, 0.3) is 5.19 Å². The van der Waals surface area contributed by atoms with Crippen LogP contribution in [0, 0.1) is 6.92 Å². The number of rotatable bonds is 5. The number of aryl methyl sites for hydroxylation is 1. The van der Waals surface area contributed by atoms with Crippen molar-refractivity contribution in [1.82, 2.24) is 20.3 Å². The van der Waals surface area contributed by atoms with Crippen LogP contribution in [0.4, 0.5) is 11.1 Å². The SMILES string of the molecule is COc1nnc(N/N=c2\ccc(=O)/c(=N\Nc3nc(C)no3)c2=O)s1. The standard InChI is InChI=1S/C12H10N8O4S/c1-5-13-10(24-20-5)16-15-8-7(21)4-3-6(9(8)22)14-17-11-18-19-12(23-2)25-11/h3-4H,1-2H3,(H,17,18)(H,13,16,20)/b14-6+,15-8+. The normalized spacial score (nSPS) is 12.4. The summed E-state index contributed by atoms with van der Waals surface area (Å²) in [5.74, 6) is 0.378. The summed E-state index contributed by atoms with van der Waals surface area (Å²) in [6.45, 7) is 1.61. The minimum atomic E-state index is -0.680. The maximum atomic E-state index is 12.3. The second-order valence-corrected chi connectivity index (χ2v) is 5.37. The fourth-order valence-corrected chi connectivity index (χ4v) is 2.13. The van der Waals surface area contributed by atoms with Gasteiger partial charge in [-0.25, -0.2) is 5.43 Å². The van der Waals surface area contributed by atoms with Crippen molar-refractivity contribution in [3.63, 3.8) is 0 Å². The van der Waals surface area contributed by atoms with Gasteiger partial charge in [0.05, 0.1) is 7.11 Å². The first kappa shape index (κ1) is 16.4. The summed E-state index contributed by atoms with van der Waals surface area (Å²) < 4.78 is 9.68. The van der Waals surface area contributed by atoms with Crippen molar-refractivity contribution in [2.45, 2.75) is 6.92 Å². The molecular weight excluding hydrogens is 352 g/mol. The van der Waals surface area contributed by atoms with E-state index in [1.807, 2.05) is 0 Å². The number of hydrogen-bond donors (Lipinski definition) is 2. The van der Waals surface area contributed by atoms with Gasteiger partial charge in [-0.1, -0.05) is 10.3 Å². The van der Waals surface area contributed by atoms with Crippen molar-refractivity contribution >= 4 is 22.5 Å². The summed E-state index contributed by atoms with van der Waals surface area (Å²) in [6.07, 6.45) is 0. The van der Waals surface area contributed by atoms with E-state index in [9.17, 15) is 9.59 Å². The van der Waals surface area contributed by atoms with Crippen LogP contribution in [0.3, 0.4) is 0 Å². The summed E-state index contributed by atoms with van der Waals surface area (Å²) in [7, 11) is 1.45. The van der Waals surface area contributed by atoms with E-state index in [0.29, 0.717) is 16.1 Å². The zero-order valence-electron chi connectivity index (χ0n) is 12.9. The molecule has 0 atom stereocenters. The molecule has 3 aromatic rings. The van der Waals surface area contributed by atoms with Gasteiger partial charge in [0.15, 0.2) is 11.2 Å². The summed E-state index contributed by atoms with van der Waals surface area (Å²) >= 11 is 1.10. The van der Waals surface area contributed by atoms with E-state index >= 15 is 0 Å². The van der Waals surface area contributed by atoms with Crippen molar-refractivity contribution in [1.29, 1.82) is 0 Å².